The van der Waals surface area contributed by atoms with Crippen LogP contribution < -0.4 is 10.1 Å². The number of benzene rings is 2. The van der Waals surface area contributed by atoms with E-state index < -0.39 is 17.5 Å². The van der Waals surface area contributed by atoms with Crippen molar-refractivity contribution in [3.63, 3.8) is 0 Å². The zero-order valence-electron chi connectivity index (χ0n) is 11.1. The lowest BCUT2D eigenvalue weighted by atomic mass is 10.1. The van der Waals surface area contributed by atoms with Crippen LogP contribution in [-0.2, 0) is 6.54 Å². The van der Waals surface area contributed by atoms with Crippen LogP contribution in [0.25, 0.3) is 0 Å². The van der Waals surface area contributed by atoms with Gasteiger partial charge in [0.25, 0.3) is 0 Å². The highest BCUT2D eigenvalue weighted by molar-refractivity contribution is 5.59. The monoisotopic (exact) mass is 292 g/mol. The quantitative estimate of drug-likeness (QED) is 0.876. The fraction of sp³-hybridized carbons (Fsp3) is 0.133. The normalized spacial score (nSPS) is 10.0. The largest absolute Gasteiger partial charge is 0.495 e. The van der Waals surface area contributed by atoms with Crippen molar-refractivity contribution in [1.82, 2.24) is 0 Å². The van der Waals surface area contributed by atoms with Crippen LogP contribution in [0.3, 0.4) is 0 Å². The molecule has 1 N–H and O–H groups in total. The van der Waals surface area contributed by atoms with Crippen LogP contribution in [0.4, 0.5) is 18.9 Å². The highest BCUT2D eigenvalue weighted by Crippen LogP contribution is 2.26. The van der Waals surface area contributed by atoms with Crippen LogP contribution >= 0.6 is 0 Å². The molecule has 0 saturated heterocycles. The van der Waals surface area contributed by atoms with E-state index in [4.69, 9.17) is 10.00 Å². The van der Waals surface area contributed by atoms with Crippen molar-refractivity contribution in [2.45, 2.75) is 6.54 Å². The van der Waals surface area contributed by atoms with Crippen LogP contribution in [0.15, 0.2) is 30.3 Å². The maximum absolute atomic E-state index is 13.1. The lowest BCUT2D eigenvalue weighted by Crippen LogP contribution is -2.04. The summed E-state index contributed by atoms with van der Waals surface area (Å²) in [5.74, 6) is -3.54. The van der Waals surface area contributed by atoms with Gasteiger partial charge in [0.2, 0.25) is 0 Å². The average molecular weight is 292 g/mol. The molecule has 108 valence electrons. The van der Waals surface area contributed by atoms with Gasteiger partial charge >= 0.3 is 0 Å². The van der Waals surface area contributed by atoms with Gasteiger partial charge in [0.05, 0.1) is 24.4 Å². The van der Waals surface area contributed by atoms with Crippen molar-refractivity contribution in [1.29, 1.82) is 5.26 Å². The topological polar surface area (TPSA) is 45.0 Å². The number of hydrogen-bond donors (Lipinski definition) is 1. The Labute approximate surface area is 119 Å². The maximum Gasteiger partial charge on any atom is 0.194 e. The van der Waals surface area contributed by atoms with E-state index >= 15 is 0 Å². The van der Waals surface area contributed by atoms with E-state index in [1.807, 2.05) is 6.07 Å². The summed E-state index contributed by atoms with van der Waals surface area (Å²) >= 11 is 0. The van der Waals surface area contributed by atoms with E-state index in [2.05, 4.69) is 5.32 Å². The first-order valence-electron chi connectivity index (χ1n) is 6.00. The molecule has 2 aromatic carbocycles. The molecule has 6 heteroatoms. The Hall–Kier alpha value is -2.68. The van der Waals surface area contributed by atoms with Crippen molar-refractivity contribution >= 4 is 5.69 Å². The molecule has 0 fully saturated rings. The van der Waals surface area contributed by atoms with E-state index in [-0.39, 0.29) is 12.1 Å². The zero-order valence-corrected chi connectivity index (χ0v) is 11.1. The third-order valence-corrected chi connectivity index (χ3v) is 2.86. The van der Waals surface area contributed by atoms with Crippen molar-refractivity contribution in [3.05, 3.63) is 58.9 Å². The molecule has 0 radical (unpaired) electrons. The lowest BCUT2D eigenvalue weighted by Gasteiger charge is -2.11. The molecule has 3 nitrogen and oxygen atoms in total. The predicted octanol–water partition coefficient (Wildman–Crippen LogP) is 3.60. The van der Waals surface area contributed by atoms with Crippen LogP contribution in [0.5, 0.6) is 5.75 Å². The molecule has 0 aliphatic carbocycles. The van der Waals surface area contributed by atoms with Gasteiger partial charge in [-0.2, -0.15) is 5.26 Å². The second-order valence-corrected chi connectivity index (χ2v) is 4.25. The Morgan fingerprint density at radius 3 is 2.38 bits per heavy atom. The summed E-state index contributed by atoms with van der Waals surface area (Å²) in [4.78, 5) is 0. The third kappa shape index (κ3) is 3.26. The van der Waals surface area contributed by atoms with Crippen LogP contribution in [-0.4, -0.2) is 7.11 Å². The van der Waals surface area contributed by atoms with E-state index in [1.54, 1.807) is 12.1 Å². The molecule has 21 heavy (non-hydrogen) atoms. The summed E-state index contributed by atoms with van der Waals surface area (Å²) in [5, 5.41) is 11.7. The second kappa shape index (κ2) is 6.18. The maximum atomic E-state index is 13.1. The zero-order chi connectivity index (χ0) is 15.4. The fourth-order valence-corrected chi connectivity index (χ4v) is 1.81. The summed E-state index contributed by atoms with van der Waals surface area (Å²) in [6, 6.07) is 8.55. The summed E-state index contributed by atoms with van der Waals surface area (Å²) in [7, 11) is 1.44. The number of methoxy groups -OCH3 is 1. The fourth-order valence-electron chi connectivity index (χ4n) is 1.81. The van der Waals surface area contributed by atoms with Crippen LogP contribution in [0, 0.1) is 28.8 Å². The number of halogens is 3. The number of nitrogens with zero attached hydrogens (tertiary/aromatic N) is 1. The molecule has 0 aliphatic heterocycles. The summed E-state index contributed by atoms with van der Waals surface area (Å²) in [5.41, 5.74) is 1.23. The van der Waals surface area contributed by atoms with Gasteiger partial charge in [0.1, 0.15) is 5.75 Å². The molecule has 0 aliphatic rings. The molecule has 0 spiro atoms. The van der Waals surface area contributed by atoms with Crippen molar-refractivity contribution < 1.29 is 17.9 Å². The van der Waals surface area contributed by atoms with E-state index in [0.717, 1.165) is 12.1 Å². The summed E-state index contributed by atoms with van der Waals surface area (Å²) in [6.45, 7) is 0.0797. The third-order valence-electron chi connectivity index (χ3n) is 2.86. The number of nitrogens with one attached hydrogen (secondary N) is 1. The minimum Gasteiger partial charge on any atom is -0.495 e. The Kier molecular flexibility index (Phi) is 4.33. The number of nitriles is 1. The van der Waals surface area contributed by atoms with Gasteiger partial charge in [0, 0.05) is 12.6 Å². The van der Waals surface area contributed by atoms with Gasteiger partial charge in [-0.15, -0.1) is 0 Å². The Morgan fingerprint density at radius 2 is 1.81 bits per heavy atom. The SMILES string of the molecule is COc1cc(C#N)ccc1NCc1cc(F)c(F)c(F)c1. The number of hydrogen-bond acceptors (Lipinski definition) is 3. The van der Waals surface area contributed by atoms with Gasteiger partial charge in [-0.25, -0.2) is 13.2 Å². The molecule has 0 amide bonds. The summed E-state index contributed by atoms with van der Waals surface area (Å²) < 4.78 is 44.2. The van der Waals surface area contributed by atoms with Crippen LogP contribution in [0.1, 0.15) is 11.1 Å². The van der Waals surface area contributed by atoms with Gasteiger partial charge in [-0.3, -0.25) is 0 Å². The van der Waals surface area contributed by atoms with Crippen molar-refractivity contribution in [2.75, 3.05) is 12.4 Å². The molecular weight excluding hydrogens is 281 g/mol. The number of anilines is 1. The lowest BCUT2D eigenvalue weighted by molar-refractivity contribution is 0.416. The predicted molar refractivity (Wildman–Crippen MR) is 71.4 cm³/mol. The molecule has 0 unspecified atom stereocenters. The molecule has 0 saturated carbocycles. The van der Waals surface area contributed by atoms with E-state index in [9.17, 15) is 13.2 Å². The average Bonchev–Trinajstić information content (AvgIpc) is 2.50. The molecular formula is C15H11F3N2O. The Morgan fingerprint density at radius 1 is 1.14 bits per heavy atom. The standard InChI is InChI=1S/C15H11F3N2O/c1-21-14-6-9(7-19)2-3-13(14)20-8-10-4-11(16)15(18)12(17)5-10/h2-6,20H,8H2,1H3. The molecule has 0 heterocycles. The van der Waals surface area contributed by atoms with Gasteiger partial charge in [0.15, 0.2) is 17.5 Å². The molecule has 0 aromatic heterocycles. The molecule has 0 bridgehead atoms. The highest BCUT2D eigenvalue weighted by Gasteiger charge is 2.11. The van der Waals surface area contributed by atoms with Gasteiger partial charge < -0.3 is 10.1 Å². The molecule has 2 rings (SSSR count). The second-order valence-electron chi connectivity index (χ2n) is 4.25. The molecule has 2 aromatic rings. The minimum atomic E-state index is -1.49. The highest BCUT2D eigenvalue weighted by atomic mass is 19.2. The smallest absolute Gasteiger partial charge is 0.194 e. The van der Waals surface area contributed by atoms with E-state index in [0.29, 0.717) is 17.0 Å². The van der Waals surface area contributed by atoms with Gasteiger partial charge in [-0.05, 0) is 29.8 Å². The Balaban J connectivity index is 2.19. The van der Waals surface area contributed by atoms with Crippen LogP contribution in [0.2, 0.25) is 0 Å². The molecule has 0 atom stereocenters. The first-order chi connectivity index (χ1) is 10.0. The first kappa shape index (κ1) is 14.7. The number of rotatable bonds is 4. The van der Waals surface area contributed by atoms with E-state index in [1.165, 1.54) is 13.2 Å². The Bertz CT molecular complexity index is 688. The van der Waals surface area contributed by atoms with Crippen molar-refractivity contribution in [2.24, 2.45) is 0 Å². The first-order valence-corrected chi connectivity index (χ1v) is 6.00. The minimum absolute atomic E-state index is 0.0797. The number of ether oxygens (including phenoxy) is 1. The van der Waals surface area contributed by atoms with Gasteiger partial charge in [-0.1, -0.05) is 0 Å². The van der Waals surface area contributed by atoms with Crippen molar-refractivity contribution in [3.8, 4) is 11.8 Å². The summed E-state index contributed by atoms with van der Waals surface area (Å²) in [6.07, 6.45) is 0.